The number of carbonyl (C=O) groups excluding carboxylic acids is 1. The SMILES string of the molecule is C1CCC1.COCc1ccc(NC(=O)OC2OC(C)C(O)C(O)C2O)cc1. The Morgan fingerprint density at radius 3 is 2.19 bits per heavy atom. The maximum atomic E-state index is 11.8. The zero-order valence-electron chi connectivity index (χ0n) is 15.7. The minimum Gasteiger partial charge on any atom is -0.416 e. The van der Waals surface area contributed by atoms with Crippen LogP contribution in [-0.2, 0) is 20.8 Å². The van der Waals surface area contributed by atoms with Gasteiger partial charge >= 0.3 is 6.09 Å². The predicted octanol–water partition coefficient (Wildman–Crippen LogP) is 1.77. The number of methoxy groups -OCH3 is 1. The van der Waals surface area contributed by atoms with Crippen molar-refractivity contribution < 1.29 is 34.3 Å². The molecule has 8 heteroatoms. The Kier molecular flexibility index (Phi) is 8.46. The summed E-state index contributed by atoms with van der Waals surface area (Å²) in [5.74, 6) is 0. The van der Waals surface area contributed by atoms with Crippen molar-refractivity contribution in [2.24, 2.45) is 0 Å². The predicted molar refractivity (Wildman–Crippen MR) is 98.1 cm³/mol. The first kappa shape index (κ1) is 21.6. The molecule has 1 aromatic rings. The first-order chi connectivity index (χ1) is 12.9. The normalized spacial score (nSPS) is 29.7. The van der Waals surface area contributed by atoms with Gasteiger partial charge in [0.25, 0.3) is 0 Å². The lowest BCUT2D eigenvalue weighted by Crippen LogP contribution is -2.57. The fourth-order valence-electron chi connectivity index (χ4n) is 2.46. The second kappa shape index (κ2) is 10.6. The van der Waals surface area contributed by atoms with Gasteiger partial charge in [-0.25, -0.2) is 4.79 Å². The monoisotopic (exact) mass is 383 g/mol. The number of nitrogens with one attached hydrogen (secondary N) is 1. The average molecular weight is 383 g/mol. The number of rotatable bonds is 4. The Hall–Kier alpha value is -1.71. The molecular weight excluding hydrogens is 354 g/mol. The van der Waals surface area contributed by atoms with Crippen LogP contribution < -0.4 is 5.32 Å². The molecule has 5 atom stereocenters. The van der Waals surface area contributed by atoms with Crippen LogP contribution in [-0.4, -0.2) is 59.2 Å². The summed E-state index contributed by atoms with van der Waals surface area (Å²) >= 11 is 0. The van der Waals surface area contributed by atoms with Crippen molar-refractivity contribution >= 4 is 11.8 Å². The van der Waals surface area contributed by atoms with Gasteiger partial charge in [0.2, 0.25) is 6.29 Å². The van der Waals surface area contributed by atoms with E-state index in [9.17, 15) is 20.1 Å². The van der Waals surface area contributed by atoms with Gasteiger partial charge in [0.15, 0.2) is 0 Å². The van der Waals surface area contributed by atoms with Crippen LogP contribution in [0.15, 0.2) is 24.3 Å². The van der Waals surface area contributed by atoms with E-state index >= 15 is 0 Å². The second-order valence-electron chi connectivity index (χ2n) is 6.76. The zero-order chi connectivity index (χ0) is 19.8. The van der Waals surface area contributed by atoms with Gasteiger partial charge in [0.05, 0.1) is 12.7 Å². The van der Waals surface area contributed by atoms with Crippen LogP contribution in [0, 0.1) is 0 Å². The zero-order valence-corrected chi connectivity index (χ0v) is 15.7. The van der Waals surface area contributed by atoms with Crippen molar-refractivity contribution in [1.82, 2.24) is 0 Å². The summed E-state index contributed by atoms with van der Waals surface area (Å²) in [6.07, 6.45) is -1.22. The topological polar surface area (TPSA) is 117 Å². The third-order valence-corrected chi connectivity index (χ3v) is 4.54. The van der Waals surface area contributed by atoms with Crippen LogP contribution in [0.4, 0.5) is 10.5 Å². The molecule has 1 aliphatic carbocycles. The smallest absolute Gasteiger partial charge is 0.414 e. The number of benzene rings is 1. The van der Waals surface area contributed by atoms with Crippen molar-refractivity contribution in [3.63, 3.8) is 0 Å². The van der Waals surface area contributed by atoms with Crippen LogP contribution >= 0.6 is 0 Å². The fraction of sp³-hybridized carbons (Fsp3) is 0.632. The summed E-state index contributed by atoms with van der Waals surface area (Å²) in [6.45, 7) is 1.97. The molecular formula is C19H29NO7. The summed E-state index contributed by atoms with van der Waals surface area (Å²) < 4.78 is 15.1. The molecule has 1 aromatic carbocycles. The van der Waals surface area contributed by atoms with Gasteiger partial charge in [-0.1, -0.05) is 37.8 Å². The van der Waals surface area contributed by atoms with E-state index in [1.54, 1.807) is 31.4 Å². The van der Waals surface area contributed by atoms with Crippen LogP contribution in [0.1, 0.15) is 38.2 Å². The van der Waals surface area contributed by atoms with Crippen molar-refractivity contribution in [2.45, 2.75) is 69.9 Å². The molecule has 2 fully saturated rings. The van der Waals surface area contributed by atoms with E-state index in [0.717, 1.165) is 5.56 Å². The quantitative estimate of drug-likeness (QED) is 0.626. The maximum absolute atomic E-state index is 11.8. The van der Waals surface area contributed by atoms with E-state index in [1.807, 2.05) is 0 Å². The molecule has 2 aliphatic rings. The van der Waals surface area contributed by atoms with Crippen molar-refractivity contribution in [2.75, 3.05) is 12.4 Å². The molecule has 1 aliphatic heterocycles. The van der Waals surface area contributed by atoms with Crippen LogP contribution in [0.2, 0.25) is 0 Å². The molecule has 0 radical (unpaired) electrons. The minimum absolute atomic E-state index is 0.463. The molecule has 4 N–H and O–H groups in total. The number of hydrogen-bond acceptors (Lipinski definition) is 7. The highest BCUT2D eigenvalue weighted by molar-refractivity contribution is 5.84. The van der Waals surface area contributed by atoms with Crippen LogP contribution in [0.3, 0.4) is 0 Å². The van der Waals surface area contributed by atoms with Crippen LogP contribution in [0.25, 0.3) is 0 Å². The van der Waals surface area contributed by atoms with Gasteiger partial charge < -0.3 is 29.5 Å². The lowest BCUT2D eigenvalue weighted by molar-refractivity contribution is -0.275. The molecule has 1 saturated heterocycles. The number of hydrogen-bond donors (Lipinski definition) is 4. The number of amides is 1. The van der Waals surface area contributed by atoms with E-state index in [-0.39, 0.29) is 0 Å². The summed E-state index contributed by atoms with van der Waals surface area (Å²) in [5.41, 5.74) is 1.44. The number of ether oxygens (including phenoxy) is 3. The molecule has 8 nitrogen and oxygen atoms in total. The van der Waals surface area contributed by atoms with Gasteiger partial charge in [-0.3, -0.25) is 5.32 Å². The van der Waals surface area contributed by atoms with E-state index in [0.29, 0.717) is 12.3 Å². The molecule has 0 aromatic heterocycles. The van der Waals surface area contributed by atoms with Gasteiger partial charge in [0, 0.05) is 12.8 Å². The van der Waals surface area contributed by atoms with E-state index in [4.69, 9.17) is 14.2 Å². The minimum atomic E-state index is -1.53. The van der Waals surface area contributed by atoms with Crippen molar-refractivity contribution in [3.8, 4) is 0 Å². The standard InChI is InChI=1S/C15H21NO7.C4H8/c1-8-11(17)12(18)13(19)14(22-8)23-15(20)16-10-5-3-9(4-6-10)7-21-2;1-2-4-3-1/h3-6,8,11-14,17-19H,7H2,1-2H3,(H,16,20);1-4H2. The Morgan fingerprint density at radius 2 is 1.67 bits per heavy atom. The van der Waals surface area contributed by atoms with Gasteiger partial charge in [0.1, 0.15) is 18.3 Å². The highest BCUT2D eigenvalue weighted by Gasteiger charge is 2.43. The molecule has 0 bridgehead atoms. The molecule has 152 valence electrons. The van der Waals surface area contributed by atoms with Crippen LogP contribution in [0.5, 0.6) is 0 Å². The van der Waals surface area contributed by atoms with E-state index in [2.05, 4.69) is 5.32 Å². The molecule has 27 heavy (non-hydrogen) atoms. The van der Waals surface area contributed by atoms with Crippen molar-refractivity contribution in [1.29, 1.82) is 0 Å². The lowest BCUT2D eigenvalue weighted by atomic mass is 10.0. The Balaban J connectivity index is 0.000000576. The second-order valence-corrected chi connectivity index (χ2v) is 6.76. The first-order valence-corrected chi connectivity index (χ1v) is 9.17. The third kappa shape index (κ3) is 6.44. The summed E-state index contributed by atoms with van der Waals surface area (Å²) in [4.78, 5) is 11.8. The molecule has 3 rings (SSSR count). The summed E-state index contributed by atoms with van der Waals surface area (Å²) in [5, 5.41) is 31.5. The number of aliphatic hydroxyl groups is 3. The average Bonchev–Trinajstić information content (AvgIpc) is 2.58. The highest BCUT2D eigenvalue weighted by atomic mass is 16.7. The van der Waals surface area contributed by atoms with E-state index < -0.39 is 36.8 Å². The fourth-order valence-corrected chi connectivity index (χ4v) is 2.46. The Bertz CT molecular complexity index is 572. The summed E-state index contributed by atoms with van der Waals surface area (Å²) in [7, 11) is 1.59. The molecule has 1 saturated carbocycles. The number of carbonyl (C=O) groups is 1. The lowest BCUT2D eigenvalue weighted by Gasteiger charge is -2.38. The third-order valence-electron chi connectivity index (χ3n) is 4.54. The van der Waals surface area contributed by atoms with E-state index in [1.165, 1.54) is 32.6 Å². The highest BCUT2D eigenvalue weighted by Crippen LogP contribution is 2.22. The molecule has 1 heterocycles. The largest absolute Gasteiger partial charge is 0.416 e. The Morgan fingerprint density at radius 1 is 1.07 bits per heavy atom. The number of anilines is 1. The van der Waals surface area contributed by atoms with Gasteiger partial charge in [-0.15, -0.1) is 0 Å². The summed E-state index contributed by atoms with van der Waals surface area (Å²) in [6, 6.07) is 6.92. The van der Waals surface area contributed by atoms with Crippen molar-refractivity contribution in [3.05, 3.63) is 29.8 Å². The Labute approximate surface area is 159 Å². The van der Waals surface area contributed by atoms with Gasteiger partial charge in [-0.2, -0.15) is 0 Å². The molecule has 0 spiro atoms. The first-order valence-electron chi connectivity index (χ1n) is 9.17. The number of aliphatic hydroxyl groups excluding tert-OH is 3. The maximum Gasteiger partial charge on any atom is 0.414 e. The molecule has 5 unspecified atom stereocenters. The molecule has 1 amide bonds. The van der Waals surface area contributed by atoms with Gasteiger partial charge in [-0.05, 0) is 24.6 Å².